The van der Waals surface area contributed by atoms with Crippen LogP contribution in [0, 0.1) is 0 Å². The van der Waals surface area contributed by atoms with Crippen molar-refractivity contribution >= 4 is 40.2 Å². The lowest BCUT2D eigenvalue weighted by atomic mass is 9.30. The molecule has 1 spiro atoms. The Hall–Kier alpha value is -4.96. The van der Waals surface area contributed by atoms with Gasteiger partial charge in [0.15, 0.2) is 0 Å². The van der Waals surface area contributed by atoms with Crippen LogP contribution in [0.3, 0.4) is 0 Å². The van der Waals surface area contributed by atoms with Crippen molar-refractivity contribution in [2.45, 2.75) is 5.41 Å². The Morgan fingerprint density at radius 1 is 0.487 bits per heavy atom. The molecule has 0 amide bonds. The van der Waals surface area contributed by atoms with Crippen molar-refractivity contribution in [3.63, 3.8) is 0 Å². The lowest BCUT2D eigenvalue weighted by Gasteiger charge is -2.50. The van der Waals surface area contributed by atoms with E-state index >= 15 is 0 Å². The van der Waals surface area contributed by atoms with Crippen LogP contribution in [0.2, 0.25) is 0 Å². The fourth-order valence-corrected chi connectivity index (χ4v) is 6.95. The standard InChI is InChI=1S/C35H24BN3/c1-3-11-25(12-4-1)36-31-17-9-7-15-27(31)35(28-19-21-38-24-32(28)36)29-16-8-10-18-33(29)39(26-13-5-2-6-14-26)34-20-22-37-23-30(34)35/h1-24H. The molecular weight excluding hydrogens is 473 g/mol. The fraction of sp³-hybridized carbons (Fsp3) is 0.0286. The molecule has 4 heteroatoms. The van der Waals surface area contributed by atoms with E-state index < -0.39 is 5.41 Å². The van der Waals surface area contributed by atoms with Gasteiger partial charge in [0.05, 0.1) is 16.8 Å². The molecule has 3 nitrogen and oxygen atoms in total. The molecule has 0 aliphatic carbocycles. The number of hydrogen-bond acceptors (Lipinski definition) is 3. The molecule has 0 saturated carbocycles. The third-order valence-electron chi connectivity index (χ3n) is 8.38. The van der Waals surface area contributed by atoms with Gasteiger partial charge in [0, 0.05) is 36.0 Å². The normalized spacial score (nSPS) is 16.7. The van der Waals surface area contributed by atoms with Crippen molar-refractivity contribution in [3.8, 4) is 0 Å². The first-order valence-electron chi connectivity index (χ1n) is 13.4. The highest BCUT2D eigenvalue weighted by atomic mass is 15.2. The predicted octanol–water partition coefficient (Wildman–Crippen LogP) is 5.47. The van der Waals surface area contributed by atoms with Crippen LogP contribution in [0.4, 0.5) is 17.1 Å². The highest BCUT2D eigenvalue weighted by molar-refractivity contribution is 6.96. The smallest absolute Gasteiger partial charge is 0.244 e. The molecule has 0 radical (unpaired) electrons. The maximum absolute atomic E-state index is 4.73. The van der Waals surface area contributed by atoms with Gasteiger partial charge in [0.25, 0.3) is 0 Å². The highest BCUT2D eigenvalue weighted by Crippen LogP contribution is 2.57. The second-order valence-electron chi connectivity index (χ2n) is 10.2. The van der Waals surface area contributed by atoms with E-state index in [9.17, 15) is 0 Å². The van der Waals surface area contributed by atoms with E-state index in [1.807, 2.05) is 12.4 Å². The van der Waals surface area contributed by atoms with Crippen molar-refractivity contribution in [1.29, 1.82) is 0 Å². The topological polar surface area (TPSA) is 29.0 Å². The van der Waals surface area contributed by atoms with Crippen LogP contribution in [0.1, 0.15) is 22.3 Å². The molecule has 2 aliphatic rings. The van der Waals surface area contributed by atoms with Crippen molar-refractivity contribution in [1.82, 2.24) is 9.97 Å². The van der Waals surface area contributed by atoms with Crippen molar-refractivity contribution in [2.24, 2.45) is 0 Å². The first kappa shape index (κ1) is 22.1. The molecule has 2 aromatic heterocycles. The molecule has 0 saturated heterocycles. The van der Waals surface area contributed by atoms with Gasteiger partial charge in [-0.2, -0.15) is 0 Å². The van der Waals surface area contributed by atoms with Crippen molar-refractivity contribution < 1.29 is 0 Å². The molecule has 4 aromatic carbocycles. The lowest BCUT2D eigenvalue weighted by Crippen LogP contribution is -2.62. The average Bonchev–Trinajstić information content (AvgIpc) is 3.02. The zero-order valence-corrected chi connectivity index (χ0v) is 21.3. The number of hydrogen-bond donors (Lipinski definition) is 0. The number of aromatic nitrogens is 2. The van der Waals surface area contributed by atoms with Crippen LogP contribution in [0.5, 0.6) is 0 Å². The zero-order valence-electron chi connectivity index (χ0n) is 21.3. The fourth-order valence-electron chi connectivity index (χ4n) is 6.95. The molecule has 39 heavy (non-hydrogen) atoms. The number of pyridine rings is 2. The summed E-state index contributed by atoms with van der Waals surface area (Å²) < 4.78 is 0. The minimum atomic E-state index is -0.536. The average molecular weight is 497 g/mol. The Labute approximate surface area is 228 Å². The Kier molecular flexibility index (Phi) is 4.83. The molecular formula is C35H24BN3. The van der Waals surface area contributed by atoms with Gasteiger partial charge in [-0.15, -0.1) is 0 Å². The summed E-state index contributed by atoms with van der Waals surface area (Å²) in [7, 11) is 0. The Bertz CT molecular complexity index is 1600. The second kappa shape index (κ2) is 8.54. The monoisotopic (exact) mass is 497 g/mol. The van der Waals surface area contributed by atoms with E-state index in [1.54, 1.807) is 0 Å². The third-order valence-corrected chi connectivity index (χ3v) is 8.38. The third kappa shape index (κ3) is 3.00. The van der Waals surface area contributed by atoms with Gasteiger partial charge in [-0.05, 0) is 52.5 Å². The largest absolute Gasteiger partial charge is 0.310 e. The van der Waals surface area contributed by atoms with Crippen LogP contribution in [-0.4, -0.2) is 16.7 Å². The number of nitrogens with zero attached hydrogens (tertiary/aromatic N) is 3. The molecule has 1 unspecified atom stereocenters. The van der Waals surface area contributed by atoms with Crippen LogP contribution < -0.4 is 21.3 Å². The van der Waals surface area contributed by atoms with Crippen LogP contribution >= 0.6 is 0 Å². The second-order valence-corrected chi connectivity index (χ2v) is 10.2. The quantitative estimate of drug-likeness (QED) is 0.297. The van der Waals surface area contributed by atoms with Crippen molar-refractivity contribution in [2.75, 3.05) is 4.90 Å². The lowest BCUT2D eigenvalue weighted by molar-refractivity contribution is 0.730. The minimum absolute atomic E-state index is 0.0937. The SMILES string of the molecule is c1ccc(B2c3ccccc3C3(c4ccncc42)c2ccccc2N(c2ccccc2)c2ccncc23)cc1. The maximum atomic E-state index is 4.73. The summed E-state index contributed by atoms with van der Waals surface area (Å²) >= 11 is 0. The van der Waals surface area contributed by atoms with E-state index in [2.05, 4.69) is 144 Å². The zero-order chi connectivity index (χ0) is 25.8. The predicted molar refractivity (Wildman–Crippen MR) is 160 cm³/mol. The number of anilines is 3. The number of fused-ring (bicyclic) bond motifs is 8. The van der Waals surface area contributed by atoms with E-state index in [0.29, 0.717) is 0 Å². The van der Waals surface area contributed by atoms with E-state index in [-0.39, 0.29) is 6.71 Å². The molecule has 0 bridgehead atoms. The highest BCUT2D eigenvalue weighted by Gasteiger charge is 2.52. The Balaban J connectivity index is 1.53. The summed E-state index contributed by atoms with van der Waals surface area (Å²) in [5, 5.41) is 0. The molecule has 0 fully saturated rings. The molecule has 6 aromatic rings. The summed E-state index contributed by atoms with van der Waals surface area (Å²) in [5.74, 6) is 0. The van der Waals surface area contributed by atoms with Gasteiger partial charge >= 0.3 is 0 Å². The molecule has 8 rings (SSSR count). The van der Waals surface area contributed by atoms with E-state index in [4.69, 9.17) is 4.98 Å². The minimum Gasteiger partial charge on any atom is -0.310 e. The molecule has 0 N–H and O–H groups in total. The van der Waals surface area contributed by atoms with Gasteiger partial charge in [-0.25, -0.2) is 0 Å². The summed E-state index contributed by atoms with van der Waals surface area (Å²) in [6.45, 7) is 0.0937. The number of rotatable bonds is 2. The van der Waals surface area contributed by atoms with E-state index in [0.717, 1.165) is 11.4 Å². The maximum Gasteiger partial charge on any atom is 0.244 e. The molecule has 4 heterocycles. The Morgan fingerprint density at radius 2 is 1.10 bits per heavy atom. The number of para-hydroxylation sites is 2. The van der Waals surface area contributed by atoms with Gasteiger partial charge < -0.3 is 4.90 Å². The van der Waals surface area contributed by atoms with Gasteiger partial charge in [0.2, 0.25) is 6.71 Å². The summed E-state index contributed by atoms with van der Waals surface area (Å²) in [4.78, 5) is 11.8. The van der Waals surface area contributed by atoms with Gasteiger partial charge in [-0.1, -0.05) is 102 Å². The first-order valence-corrected chi connectivity index (χ1v) is 13.4. The van der Waals surface area contributed by atoms with Crippen LogP contribution in [0.15, 0.2) is 146 Å². The van der Waals surface area contributed by atoms with Crippen LogP contribution in [0.25, 0.3) is 0 Å². The summed E-state index contributed by atoms with van der Waals surface area (Å²) in [6, 6.07) is 43.6. The van der Waals surface area contributed by atoms with Crippen molar-refractivity contribution in [3.05, 3.63) is 168 Å². The van der Waals surface area contributed by atoms with E-state index in [1.165, 1.54) is 44.3 Å². The van der Waals surface area contributed by atoms with Gasteiger partial charge in [-0.3, -0.25) is 9.97 Å². The Morgan fingerprint density at radius 3 is 1.95 bits per heavy atom. The summed E-state index contributed by atoms with van der Waals surface area (Å²) in [6.07, 6.45) is 8.00. The molecule has 2 aliphatic heterocycles. The molecule has 1 atom stereocenters. The van der Waals surface area contributed by atoms with Crippen LogP contribution in [-0.2, 0) is 5.41 Å². The molecule has 182 valence electrons. The van der Waals surface area contributed by atoms with Gasteiger partial charge in [0.1, 0.15) is 0 Å². The summed E-state index contributed by atoms with van der Waals surface area (Å²) in [5.41, 5.74) is 11.7. The first-order chi connectivity index (χ1) is 19.4. The number of benzene rings is 4.